The molecule has 1 atom stereocenters. The second-order valence-corrected chi connectivity index (χ2v) is 7.02. The number of carbonyl (C=O) groups excluding carboxylic acids is 3. The number of cyclic esters (lactones) is 1. The van der Waals surface area contributed by atoms with Crippen molar-refractivity contribution in [3.63, 3.8) is 0 Å². The summed E-state index contributed by atoms with van der Waals surface area (Å²) in [5, 5.41) is 2.91. The number of ether oxygens (including phenoxy) is 1. The van der Waals surface area contributed by atoms with Crippen LogP contribution in [0.5, 0.6) is 0 Å². The molecule has 2 aromatic rings. The number of anilines is 1. The van der Waals surface area contributed by atoms with E-state index in [1.165, 1.54) is 4.90 Å². The van der Waals surface area contributed by atoms with E-state index in [4.69, 9.17) is 4.74 Å². The first-order chi connectivity index (χ1) is 13.5. The molecule has 0 bridgehead atoms. The number of amides is 3. The zero-order valence-electron chi connectivity index (χ0n) is 15.1. The van der Waals surface area contributed by atoms with Crippen molar-refractivity contribution in [1.29, 1.82) is 0 Å². The molecule has 2 aromatic carbocycles. The fourth-order valence-electron chi connectivity index (χ4n) is 3.94. The lowest BCUT2D eigenvalue weighted by atomic mass is 9.96. The number of rotatable bonds is 2. The number of nitrogens with zero attached hydrogens (tertiary/aromatic N) is 2. The van der Waals surface area contributed by atoms with E-state index in [1.54, 1.807) is 18.0 Å². The predicted molar refractivity (Wildman–Crippen MR) is 100 cm³/mol. The first kappa shape index (κ1) is 16.6. The first-order valence-electron chi connectivity index (χ1n) is 8.98. The smallest absolute Gasteiger partial charge is 0.338 e. The van der Waals surface area contributed by atoms with Crippen molar-refractivity contribution in [2.75, 3.05) is 18.5 Å². The van der Waals surface area contributed by atoms with Crippen LogP contribution in [-0.4, -0.2) is 36.4 Å². The molecule has 0 saturated heterocycles. The van der Waals surface area contributed by atoms with E-state index in [2.05, 4.69) is 5.32 Å². The molecule has 1 N–H and O–H groups in total. The highest BCUT2D eigenvalue weighted by molar-refractivity contribution is 6.12. The molecule has 7 heteroatoms. The monoisotopic (exact) mass is 375 g/mol. The van der Waals surface area contributed by atoms with Gasteiger partial charge in [0.1, 0.15) is 6.61 Å². The number of hydrogen-bond donors (Lipinski definition) is 1. The molecule has 0 aliphatic carbocycles. The number of likely N-dealkylation sites (N-methyl/N-ethyl adjacent to an activating group) is 1. The summed E-state index contributed by atoms with van der Waals surface area (Å²) in [6.45, 7) is 0.531. The maximum atomic E-state index is 13.3. The maximum absolute atomic E-state index is 13.3. The molecule has 0 fully saturated rings. The van der Waals surface area contributed by atoms with Gasteiger partial charge < -0.3 is 15.0 Å². The van der Waals surface area contributed by atoms with E-state index in [0.717, 1.165) is 11.1 Å². The minimum Gasteiger partial charge on any atom is -0.457 e. The number of benzene rings is 2. The molecule has 7 nitrogen and oxygen atoms in total. The summed E-state index contributed by atoms with van der Waals surface area (Å²) in [7, 11) is 1.66. The van der Waals surface area contributed by atoms with Crippen molar-refractivity contribution >= 4 is 23.6 Å². The van der Waals surface area contributed by atoms with E-state index < -0.39 is 6.04 Å². The molecule has 5 rings (SSSR count). The summed E-state index contributed by atoms with van der Waals surface area (Å²) in [6, 6.07) is 14.0. The van der Waals surface area contributed by atoms with E-state index in [1.807, 2.05) is 42.5 Å². The van der Waals surface area contributed by atoms with Crippen LogP contribution in [0.4, 0.5) is 10.5 Å². The minimum absolute atomic E-state index is 0.179. The van der Waals surface area contributed by atoms with Crippen molar-refractivity contribution in [3.05, 3.63) is 76.5 Å². The van der Waals surface area contributed by atoms with Crippen LogP contribution in [0, 0.1) is 0 Å². The van der Waals surface area contributed by atoms with Gasteiger partial charge in [-0.05, 0) is 17.7 Å². The van der Waals surface area contributed by atoms with Gasteiger partial charge in [-0.15, -0.1) is 0 Å². The average Bonchev–Trinajstić information content (AvgIpc) is 3.26. The summed E-state index contributed by atoms with van der Waals surface area (Å²) in [5.74, 6) is -0.556. The molecule has 0 radical (unpaired) electrons. The van der Waals surface area contributed by atoms with Crippen LogP contribution in [-0.2, 0) is 16.1 Å². The van der Waals surface area contributed by atoms with E-state index in [-0.39, 0.29) is 31.1 Å². The summed E-state index contributed by atoms with van der Waals surface area (Å²) in [5.41, 5.74) is 3.99. The average molecular weight is 375 g/mol. The molecule has 0 aromatic heterocycles. The molecule has 3 heterocycles. The van der Waals surface area contributed by atoms with Gasteiger partial charge in [0.2, 0.25) is 0 Å². The van der Waals surface area contributed by atoms with Gasteiger partial charge in [-0.3, -0.25) is 9.69 Å². The van der Waals surface area contributed by atoms with Crippen molar-refractivity contribution in [1.82, 2.24) is 10.2 Å². The lowest BCUT2D eigenvalue weighted by Gasteiger charge is -2.31. The van der Waals surface area contributed by atoms with Crippen LogP contribution in [0.15, 0.2) is 59.8 Å². The topological polar surface area (TPSA) is 79.0 Å². The molecule has 3 aliphatic heterocycles. The third-order valence-electron chi connectivity index (χ3n) is 5.48. The normalized spacial score (nSPS) is 20.9. The molecule has 3 amide bonds. The van der Waals surface area contributed by atoms with Gasteiger partial charge in [-0.2, -0.15) is 0 Å². The molecule has 28 heavy (non-hydrogen) atoms. The number of fused-ring (bicyclic) bond motifs is 1. The first-order valence-corrected chi connectivity index (χ1v) is 8.98. The van der Waals surface area contributed by atoms with E-state index in [0.29, 0.717) is 22.5 Å². The maximum Gasteiger partial charge on any atom is 0.338 e. The Bertz CT molecular complexity index is 1060. The Morgan fingerprint density at radius 3 is 2.64 bits per heavy atom. The van der Waals surface area contributed by atoms with Crippen molar-refractivity contribution in [3.8, 4) is 0 Å². The van der Waals surface area contributed by atoms with Crippen LogP contribution in [0.3, 0.4) is 0 Å². The zero-order chi connectivity index (χ0) is 19.4. The Balaban J connectivity index is 1.55. The third kappa shape index (κ3) is 2.32. The lowest BCUT2D eigenvalue weighted by molar-refractivity contribution is -0.114. The number of carbonyl (C=O) groups is 3. The molecule has 140 valence electrons. The highest BCUT2D eigenvalue weighted by Gasteiger charge is 2.43. The Labute approximate surface area is 161 Å². The van der Waals surface area contributed by atoms with Crippen LogP contribution in [0.2, 0.25) is 0 Å². The third-order valence-corrected chi connectivity index (χ3v) is 5.48. The molecule has 0 saturated carbocycles. The zero-order valence-corrected chi connectivity index (χ0v) is 15.1. The predicted octanol–water partition coefficient (Wildman–Crippen LogP) is 2.35. The standard InChI is InChI=1S/C21H17N3O4/c1-23-16-10-24(14-8-7-13-11-28-20(26)15(13)9-14)19(25)17(16)18(22-21(23)27)12-5-3-2-4-6-12/h2-9,18H,10-11H2,1H3,(H,22,27)/t18-/m0/s1. The van der Waals surface area contributed by atoms with Gasteiger partial charge in [-0.25, -0.2) is 9.59 Å². The van der Waals surface area contributed by atoms with Crippen molar-refractivity contribution in [2.45, 2.75) is 12.6 Å². The van der Waals surface area contributed by atoms with Gasteiger partial charge in [0, 0.05) is 18.3 Å². The Hall–Kier alpha value is -3.61. The minimum atomic E-state index is -0.503. The number of nitrogens with one attached hydrogen (secondary N) is 1. The number of esters is 1. The molecule has 0 spiro atoms. The lowest BCUT2D eigenvalue weighted by Crippen LogP contribution is -2.45. The van der Waals surface area contributed by atoms with Crippen molar-refractivity contribution in [2.24, 2.45) is 0 Å². The fraction of sp³-hybridized carbons (Fsp3) is 0.190. The Morgan fingerprint density at radius 1 is 1.07 bits per heavy atom. The highest BCUT2D eigenvalue weighted by atomic mass is 16.5. The van der Waals surface area contributed by atoms with Crippen molar-refractivity contribution < 1.29 is 19.1 Å². The number of urea groups is 1. The molecule has 0 unspecified atom stereocenters. The van der Waals surface area contributed by atoms with Gasteiger partial charge in [0.25, 0.3) is 5.91 Å². The summed E-state index contributed by atoms with van der Waals surface area (Å²) >= 11 is 0. The van der Waals surface area contributed by atoms with E-state index >= 15 is 0 Å². The highest BCUT2D eigenvalue weighted by Crippen LogP contribution is 2.38. The van der Waals surface area contributed by atoms with Gasteiger partial charge in [0.15, 0.2) is 0 Å². The van der Waals surface area contributed by atoms with Crippen LogP contribution in [0.1, 0.15) is 27.5 Å². The van der Waals surface area contributed by atoms with Crippen LogP contribution >= 0.6 is 0 Å². The second kappa shape index (κ2) is 5.95. The van der Waals surface area contributed by atoms with Crippen LogP contribution < -0.4 is 10.2 Å². The summed E-state index contributed by atoms with van der Waals surface area (Å²) in [6.07, 6.45) is 0. The van der Waals surface area contributed by atoms with Gasteiger partial charge in [-0.1, -0.05) is 36.4 Å². The molecule has 3 aliphatic rings. The van der Waals surface area contributed by atoms with E-state index in [9.17, 15) is 14.4 Å². The fourth-order valence-corrected chi connectivity index (χ4v) is 3.94. The number of hydrogen-bond acceptors (Lipinski definition) is 4. The van der Waals surface area contributed by atoms with Gasteiger partial charge in [0.05, 0.1) is 29.4 Å². The molecular formula is C21H17N3O4. The molecular weight excluding hydrogens is 358 g/mol. The summed E-state index contributed by atoms with van der Waals surface area (Å²) < 4.78 is 5.05. The van der Waals surface area contributed by atoms with Gasteiger partial charge >= 0.3 is 12.0 Å². The summed E-state index contributed by atoms with van der Waals surface area (Å²) in [4.78, 5) is 40.8. The quantitative estimate of drug-likeness (QED) is 0.818. The van der Waals surface area contributed by atoms with Crippen LogP contribution in [0.25, 0.3) is 0 Å². The largest absolute Gasteiger partial charge is 0.457 e. The second-order valence-electron chi connectivity index (χ2n) is 7.02. The Morgan fingerprint density at radius 2 is 1.86 bits per heavy atom. The SMILES string of the molecule is CN1C(=O)N[C@@H](c2ccccc2)C2=C1CN(c1ccc3c(c1)C(=O)OC3)C2=O. The Kier molecular flexibility index (Phi) is 3.52.